The maximum Gasteiger partial charge on any atom is 0.333 e. The van der Waals surface area contributed by atoms with Gasteiger partial charge in [0, 0.05) is 31.4 Å². The maximum absolute atomic E-state index is 13.3. The largest absolute Gasteiger partial charge is 0.713 e. The molecule has 124 valence electrons. The molecule has 1 saturated carbocycles. The Kier molecular flexibility index (Phi) is 3.52. The van der Waals surface area contributed by atoms with Crippen LogP contribution < -0.4 is 0 Å². The number of hydrogen-bond acceptors (Lipinski definition) is 3. The van der Waals surface area contributed by atoms with Crippen LogP contribution in [0.2, 0.25) is 0 Å². The van der Waals surface area contributed by atoms with Crippen molar-refractivity contribution in [3.8, 4) is 0 Å². The van der Waals surface area contributed by atoms with E-state index in [1.807, 2.05) is 50.2 Å². The summed E-state index contributed by atoms with van der Waals surface area (Å²) in [6.07, 6.45) is 4.91. The average molecular weight is 322 g/mol. The minimum absolute atomic E-state index is 0.564. The van der Waals surface area contributed by atoms with Crippen molar-refractivity contribution in [2.45, 2.75) is 51.6 Å². The molecule has 4 rings (SSSR count). The third-order valence-electron chi connectivity index (χ3n) is 5.01. The van der Waals surface area contributed by atoms with E-state index >= 15 is 0 Å². The Morgan fingerprint density at radius 2 is 1.79 bits per heavy atom. The Bertz CT molecular complexity index is 826. The lowest BCUT2D eigenvalue weighted by Gasteiger charge is -2.33. The van der Waals surface area contributed by atoms with E-state index in [2.05, 4.69) is 5.10 Å². The van der Waals surface area contributed by atoms with Crippen molar-refractivity contribution >= 4 is 11.5 Å². The first-order valence-corrected chi connectivity index (χ1v) is 8.64. The molecule has 5 nitrogen and oxygen atoms in total. The first-order valence-electron chi connectivity index (χ1n) is 8.64. The minimum Gasteiger partial charge on any atom is -0.713 e. The monoisotopic (exact) mass is 322 g/mol. The van der Waals surface area contributed by atoms with Crippen LogP contribution in [0.5, 0.6) is 0 Å². The van der Waals surface area contributed by atoms with Crippen LogP contribution in [0.4, 0.5) is 0 Å². The van der Waals surface area contributed by atoms with E-state index in [4.69, 9.17) is 4.99 Å². The van der Waals surface area contributed by atoms with Crippen molar-refractivity contribution in [2.24, 2.45) is 4.99 Å². The molecule has 2 heterocycles. The highest BCUT2D eigenvalue weighted by Gasteiger charge is 2.46. The van der Waals surface area contributed by atoms with Crippen LogP contribution in [0.25, 0.3) is 0 Å². The number of benzene rings is 1. The van der Waals surface area contributed by atoms with Crippen LogP contribution in [-0.2, 0) is 0 Å². The number of aryl methyl sites for hydroxylation is 2. The lowest BCUT2D eigenvalue weighted by molar-refractivity contribution is -0.549. The van der Waals surface area contributed by atoms with Gasteiger partial charge in [0.25, 0.3) is 0 Å². The van der Waals surface area contributed by atoms with Crippen LogP contribution in [0.1, 0.15) is 49.1 Å². The molecule has 2 aromatic rings. The molecule has 0 radical (unpaired) electrons. The normalized spacial score (nSPS) is 19.8. The summed E-state index contributed by atoms with van der Waals surface area (Å²) in [7, 11) is 0. The number of hydroxylamine groups is 1. The molecule has 0 atom stereocenters. The van der Waals surface area contributed by atoms with Gasteiger partial charge in [0.2, 0.25) is 5.66 Å². The van der Waals surface area contributed by atoms with Crippen LogP contribution >= 0.6 is 0 Å². The van der Waals surface area contributed by atoms with Crippen molar-refractivity contribution in [1.82, 2.24) is 9.78 Å². The van der Waals surface area contributed by atoms with Gasteiger partial charge in [0.15, 0.2) is 5.71 Å². The zero-order chi connectivity index (χ0) is 16.7. The number of aliphatic imine (C=N–C) groups is 1. The third kappa shape index (κ3) is 2.27. The Morgan fingerprint density at radius 3 is 2.42 bits per heavy atom. The summed E-state index contributed by atoms with van der Waals surface area (Å²) >= 11 is 0. The highest BCUT2D eigenvalue weighted by molar-refractivity contribution is 6.47. The van der Waals surface area contributed by atoms with E-state index in [0.717, 1.165) is 53.1 Å². The highest BCUT2D eigenvalue weighted by atomic mass is 16.5. The van der Waals surface area contributed by atoms with Crippen molar-refractivity contribution in [3.63, 3.8) is 0 Å². The summed E-state index contributed by atoms with van der Waals surface area (Å²) in [5.41, 5.74) is 2.96. The fraction of sp³-hybridized carbons (Fsp3) is 0.421. The van der Waals surface area contributed by atoms with Gasteiger partial charge in [-0.05, 0) is 19.8 Å². The van der Waals surface area contributed by atoms with Crippen LogP contribution in [0, 0.1) is 19.1 Å². The second kappa shape index (κ2) is 5.58. The maximum atomic E-state index is 13.3. The molecule has 1 aliphatic heterocycles. The van der Waals surface area contributed by atoms with Gasteiger partial charge in [-0.15, -0.1) is 0 Å². The molecule has 24 heavy (non-hydrogen) atoms. The molecular formula is C19H22N4O. The van der Waals surface area contributed by atoms with E-state index in [9.17, 15) is 5.21 Å². The van der Waals surface area contributed by atoms with E-state index < -0.39 is 5.66 Å². The molecule has 0 N–H and O–H groups in total. The molecule has 1 aliphatic carbocycles. The summed E-state index contributed by atoms with van der Waals surface area (Å²) in [4.78, 5) is 4.97. The number of nitrogens with zero attached hydrogens (tertiary/aromatic N) is 4. The molecule has 0 amide bonds. The molecule has 1 aromatic carbocycles. The predicted molar refractivity (Wildman–Crippen MR) is 94.5 cm³/mol. The summed E-state index contributed by atoms with van der Waals surface area (Å²) < 4.78 is 2.89. The van der Waals surface area contributed by atoms with Crippen molar-refractivity contribution in [2.75, 3.05) is 0 Å². The van der Waals surface area contributed by atoms with E-state index in [-0.39, 0.29) is 0 Å². The van der Waals surface area contributed by atoms with E-state index in [1.54, 1.807) is 4.68 Å². The molecule has 0 unspecified atom stereocenters. The molecular weight excluding hydrogens is 300 g/mol. The summed E-state index contributed by atoms with van der Waals surface area (Å²) in [6, 6.07) is 12.0. The average Bonchev–Trinajstić information content (AvgIpc) is 3.06. The number of rotatable bonds is 1. The Hall–Kier alpha value is -2.43. The van der Waals surface area contributed by atoms with Gasteiger partial charge in [-0.1, -0.05) is 46.5 Å². The topological polar surface area (TPSA) is 56.2 Å². The van der Waals surface area contributed by atoms with Gasteiger partial charge >= 0.3 is 5.84 Å². The molecule has 0 saturated heterocycles. The second-order valence-electron chi connectivity index (χ2n) is 6.83. The van der Waals surface area contributed by atoms with Gasteiger partial charge in [0.1, 0.15) is 5.69 Å². The zero-order valence-corrected chi connectivity index (χ0v) is 14.2. The molecule has 1 fully saturated rings. The molecule has 1 aromatic heterocycles. The first-order chi connectivity index (χ1) is 11.6. The van der Waals surface area contributed by atoms with Crippen molar-refractivity contribution in [1.29, 1.82) is 0 Å². The number of hydrogen-bond donors (Lipinski definition) is 0. The quantitative estimate of drug-likeness (QED) is 0.597. The smallest absolute Gasteiger partial charge is 0.333 e. The van der Waals surface area contributed by atoms with Gasteiger partial charge in [-0.3, -0.25) is 0 Å². The van der Waals surface area contributed by atoms with Crippen molar-refractivity contribution in [3.05, 3.63) is 58.6 Å². The van der Waals surface area contributed by atoms with E-state index in [0.29, 0.717) is 5.84 Å². The Balaban J connectivity index is 1.92. The van der Waals surface area contributed by atoms with Crippen LogP contribution in [0.3, 0.4) is 0 Å². The van der Waals surface area contributed by atoms with E-state index in [1.165, 1.54) is 6.42 Å². The Labute approximate surface area is 141 Å². The van der Waals surface area contributed by atoms with Gasteiger partial charge in [0.05, 0.1) is 5.69 Å². The molecule has 1 spiro atoms. The van der Waals surface area contributed by atoms with Gasteiger partial charge < -0.3 is 5.21 Å². The SMILES string of the molecule is Cc1cc(C)n(C2=[N+]([O-])C3(CCCCC3)N=C2c2ccccc2)n1. The third-order valence-corrected chi connectivity index (χ3v) is 5.01. The summed E-state index contributed by atoms with van der Waals surface area (Å²) in [5.74, 6) is 0.564. The van der Waals surface area contributed by atoms with Crippen LogP contribution in [0.15, 0.2) is 41.4 Å². The number of aromatic nitrogens is 2. The highest BCUT2D eigenvalue weighted by Crippen LogP contribution is 2.36. The molecule has 0 bridgehead atoms. The van der Waals surface area contributed by atoms with Crippen LogP contribution in [-0.4, -0.2) is 31.7 Å². The molecule has 2 aliphatic rings. The summed E-state index contributed by atoms with van der Waals surface area (Å²) in [5, 5.41) is 17.9. The standard InChI is InChI=1S/C19H22N4O/c1-14-13-15(2)22(21-14)18-17(16-9-5-3-6-10-16)20-19(23(18)24)11-7-4-8-12-19/h3,5-6,9-10,13H,4,7-8,11-12H2,1-2H3. The lowest BCUT2D eigenvalue weighted by Crippen LogP contribution is -2.40. The second-order valence-corrected chi connectivity index (χ2v) is 6.83. The lowest BCUT2D eigenvalue weighted by atomic mass is 9.90. The fourth-order valence-corrected chi connectivity index (χ4v) is 3.85. The van der Waals surface area contributed by atoms with Crippen molar-refractivity contribution < 1.29 is 4.74 Å². The zero-order valence-electron chi connectivity index (χ0n) is 14.2. The summed E-state index contributed by atoms with van der Waals surface area (Å²) in [6.45, 7) is 3.93. The predicted octanol–water partition coefficient (Wildman–Crippen LogP) is 3.42. The fourth-order valence-electron chi connectivity index (χ4n) is 3.85. The molecule has 5 heteroatoms. The minimum atomic E-state index is -0.648. The first kappa shape index (κ1) is 15.1. The Morgan fingerprint density at radius 1 is 1.08 bits per heavy atom. The van der Waals surface area contributed by atoms with Gasteiger partial charge in [-0.25, -0.2) is 9.73 Å². The van der Waals surface area contributed by atoms with Gasteiger partial charge in [-0.2, -0.15) is 0 Å².